The average Bonchev–Trinajstić information content (AvgIpc) is 3.51. The Morgan fingerprint density at radius 1 is 1.06 bits per heavy atom. The largest absolute Gasteiger partial charge is 0.369 e. The predicted octanol–water partition coefficient (Wildman–Crippen LogP) is 1.16. The van der Waals surface area contributed by atoms with E-state index < -0.39 is 10.0 Å². The Kier molecular flexibility index (Phi) is 5.66. The molecule has 1 amide bonds. The van der Waals surface area contributed by atoms with E-state index in [2.05, 4.69) is 37.3 Å². The van der Waals surface area contributed by atoms with E-state index in [1.165, 1.54) is 10.5 Å². The van der Waals surface area contributed by atoms with Crippen LogP contribution >= 0.6 is 0 Å². The highest BCUT2D eigenvalue weighted by Gasteiger charge is 2.35. The zero-order valence-corrected chi connectivity index (χ0v) is 20.3. The number of benzene rings is 1. The molecule has 2 aliphatic rings. The van der Waals surface area contributed by atoms with E-state index in [9.17, 15) is 13.2 Å². The van der Waals surface area contributed by atoms with Crippen molar-refractivity contribution in [1.29, 1.82) is 0 Å². The Bertz CT molecular complexity index is 1300. The van der Waals surface area contributed by atoms with E-state index in [4.69, 9.17) is 0 Å². The summed E-state index contributed by atoms with van der Waals surface area (Å²) in [5.41, 5.74) is 2.94. The van der Waals surface area contributed by atoms with Crippen LogP contribution in [0.25, 0.3) is 0 Å². The molecular formula is C22H28N8O3S. The molecule has 2 aromatic heterocycles. The Morgan fingerprint density at radius 3 is 2.41 bits per heavy atom. The molecule has 0 bridgehead atoms. The van der Waals surface area contributed by atoms with E-state index >= 15 is 0 Å². The third-order valence-electron chi connectivity index (χ3n) is 6.54. The van der Waals surface area contributed by atoms with Gasteiger partial charge in [-0.15, -0.1) is 0 Å². The van der Waals surface area contributed by atoms with E-state index in [-0.39, 0.29) is 24.0 Å². The van der Waals surface area contributed by atoms with Gasteiger partial charge in [0.05, 0.1) is 12.2 Å². The molecule has 11 nitrogen and oxygen atoms in total. The molecule has 0 unspecified atom stereocenters. The predicted molar refractivity (Wildman–Crippen MR) is 127 cm³/mol. The molecule has 3 aromatic rings. The van der Waals surface area contributed by atoms with Crippen molar-refractivity contribution in [2.45, 2.75) is 25.0 Å². The molecule has 180 valence electrons. The van der Waals surface area contributed by atoms with Crippen molar-refractivity contribution in [3.8, 4) is 0 Å². The quantitative estimate of drug-likeness (QED) is 0.558. The fourth-order valence-corrected chi connectivity index (χ4v) is 5.64. The first-order valence-electron chi connectivity index (χ1n) is 11.1. The average molecular weight is 485 g/mol. The van der Waals surface area contributed by atoms with Gasteiger partial charge in [0.1, 0.15) is 5.82 Å². The normalized spacial score (nSPS) is 17.2. The van der Waals surface area contributed by atoms with Gasteiger partial charge in [-0.3, -0.25) is 9.89 Å². The summed E-state index contributed by atoms with van der Waals surface area (Å²) in [5, 5.41) is 9.90. The van der Waals surface area contributed by atoms with Crippen molar-refractivity contribution >= 4 is 27.4 Å². The number of anilines is 2. The van der Waals surface area contributed by atoms with Gasteiger partial charge in [0.2, 0.25) is 0 Å². The van der Waals surface area contributed by atoms with Crippen LogP contribution in [-0.2, 0) is 30.2 Å². The maximum Gasteiger partial charge on any atom is 0.262 e. The van der Waals surface area contributed by atoms with E-state index in [0.717, 1.165) is 31.9 Å². The standard InChI is InChI=1S/C22H28N8O3S/c1-15-23-20(14-28(15)3)34(32,33)30-12-18-19(13-30)25-26-21(18)24-22(31)16-4-6-17(7-5-16)29-10-8-27(2)9-11-29/h4-7,14H,8-13H2,1-3H3,(H2,24,25,26,31). The van der Waals surface area contributed by atoms with Crippen LogP contribution in [0.5, 0.6) is 0 Å². The number of aryl methyl sites for hydroxylation is 2. The fourth-order valence-electron chi connectivity index (χ4n) is 4.24. The van der Waals surface area contributed by atoms with Gasteiger partial charge in [0.15, 0.2) is 10.8 Å². The summed E-state index contributed by atoms with van der Waals surface area (Å²) < 4.78 is 29.0. The van der Waals surface area contributed by atoms with Gasteiger partial charge in [-0.2, -0.15) is 9.40 Å². The molecule has 4 heterocycles. The number of H-pyrrole nitrogens is 1. The lowest BCUT2D eigenvalue weighted by Crippen LogP contribution is -2.44. The minimum atomic E-state index is -3.76. The summed E-state index contributed by atoms with van der Waals surface area (Å²) in [6, 6.07) is 7.52. The Morgan fingerprint density at radius 2 is 1.76 bits per heavy atom. The fraction of sp³-hybridized carbons (Fsp3) is 0.409. The van der Waals surface area contributed by atoms with Crippen LogP contribution < -0.4 is 10.2 Å². The first-order valence-corrected chi connectivity index (χ1v) is 12.6. The maximum absolute atomic E-state index is 13.0. The number of aromatic amines is 1. The molecule has 0 radical (unpaired) electrons. The van der Waals surface area contributed by atoms with Gasteiger partial charge < -0.3 is 19.7 Å². The van der Waals surface area contributed by atoms with Crippen LogP contribution in [0, 0.1) is 6.92 Å². The number of sulfonamides is 1. The Labute approximate surface area is 198 Å². The van der Waals surface area contributed by atoms with Crippen molar-refractivity contribution < 1.29 is 13.2 Å². The monoisotopic (exact) mass is 484 g/mol. The number of aromatic nitrogens is 4. The summed E-state index contributed by atoms with van der Waals surface area (Å²) in [5.74, 6) is 0.670. The zero-order valence-electron chi connectivity index (χ0n) is 19.4. The van der Waals surface area contributed by atoms with Crippen molar-refractivity contribution in [3.63, 3.8) is 0 Å². The van der Waals surface area contributed by atoms with Crippen molar-refractivity contribution in [2.75, 3.05) is 43.4 Å². The number of carbonyl (C=O) groups excluding carboxylic acids is 1. The second kappa shape index (κ2) is 8.53. The molecule has 0 atom stereocenters. The van der Waals surface area contributed by atoms with Crippen LogP contribution in [-0.4, -0.2) is 76.5 Å². The second-order valence-electron chi connectivity index (χ2n) is 8.83. The van der Waals surface area contributed by atoms with Gasteiger partial charge in [-0.25, -0.2) is 13.4 Å². The lowest BCUT2D eigenvalue weighted by molar-refractivity contribution is 0.102. The van der Waals surface area contributed by atoms with Crippen LogP contribution in [0.15, 0.2) is 35.5 Å². The number of rotatable bonds is 5. The first-order chi connectivity index (χ1) is 16.2. The SMILES string of the molecule is Cc1nc(S(=O)(=O)N2Cc3[nH]nc(NC(=O)c4ccc(N5CCN(C)CC5)cc4)c3C2)cn1C. The van der Waals surface area contributed by atoms with Gasteiger partial charge in [-0.1, -0.05) is 0 Å². The lowest BCUT2D eigenvalue weighted by atomic mass is 10.1. The minimum absolute atomic E-state index is 0.0108. The Balaban J connectivity index is 1.27. The van der Waals surface area contributed by atoms with E-state index in [1.807, 2.05) is 12.1 Å². The molecule has 34 heavy (non-hydrogen) atoms. The second-order valence-corrected chi connectivity index (χ2v) is 10.7. The molecule has 12 heteroatoms. The highest BCUT2D eigenvalue weighted by Crippen LogP contribution is 2.31. The number of amides is 1. The highest BCUT2D eigenvalue weighted by atomic mass is 32.2. The third-order valence-corrected chi connectivity index (χ3v) is 8.21. The number of nitrogens with one attached hydrogen (secondary N) is 2. The number of imidazole rings is 1. The van der Waals surface area contributed by atoms with Gasteiger partial charge >= 0.3 is 0 Å². The van der Waals surface area contributed by atoms with Crippen molar-refractivity contribution in [1.82, 2.24) is 29.0 Å². The van der Waals surface area contributed by atoms with E-state index in [0.29, 0.717) is 28.5 Å². The number of fused-ring (bicyclic) bond motifs is 1. The molecule has 0 spiro atoms. The highest BCUT2D eigenvalue weighted by molar-refractivity contribution is 7.89. The molecule has 5 rings (SSSR count). The van der Waals surface area contributed by atoms with Crippen LogP contribution in [0.2, 0.25) is 0 Å². The molecule has 1 saturated heterocycles. The zero-order chi connectivity index (χ0) is 24.0. The van der Waals surface area contributed by atoms with Gasteiger partial charge in [-0.05, 0) is 38.2 Å². The number of likely N-dealkylation sites (N-methyl/N-ethyl adjacent to an activating group) is 1. The van der Waals surface area contributed by atoms with Crippen molar-refractivity contribution in [2.24, 2.45) is 7.05 Å². The lowest BCUT2D eigenvalue weighted by Gasteiger charge is -2.34. The minimum Gasteiger partial charge on any atom is -0.369 e. The molecule has 2 aliphatic heterocycles. The van der Waals surface area contributed by atoms with Crippen LogP contribution in [0.1, 0.15) is 27.4 Å². The molecule has 1 aromatic carbocycles. The number of nitrogens with zero attached hydrogens (tertiary/aromatic N) is 6. The van der Waals surface area contributed by atoms with E-state index in [1.54, 1.807) is 30.7 Å². The molecule has 2 N–H and O–H groups in total. The summed E-state index contributed by atoms with van der Waals surface area (Å²) in [6.07, 6.45) is 1.50. The molecule has 0 saturated carbocycles. The number of piperazine rings is 1. The number of carbonyl (C=O) groups is 1. The van der Waals surface area contributed by atoms with Crippen LogP contribution in [0.4, 0.5) is 11.5 Å². The number of hydrogen-bond acceptors (Lipinski definition) is 7. The summed E-state index contributed by atoms with van der Waals surface area (Å²) >= 11 is 0. The topological polar surface area (TPSA) is 119 Å². The summed E-state index contributed by atoms with van der Waals surface area (Å²) in [7, 11) is 0.108. The molecule has 1 fully saturated rings. The first kappa shape index (κ1) is 22.6. The summed E-state index contributed by atoms with van der Waals surface area (Å²) in [6.45, 7) is 5.95. The number of hydrogen-bond donors (Lipinski definition) is 2. The van der Waals surface area contributed by atoms with Gasteiger partial charge in [0, 0.05) is 62.8 Å². The van der Waals surface area contributed by atoms with Gasteiger partial charge in [0.25, 0.3) is 15.9 Å². The third kappa shape index (κ3) is 4.08. The van der Waals surface area contributed by atoms with Crippen molar-refractivity contribution in [3.05, 3.63) is 53.1 Å². The summed E-state index contributed by atoms with van der Waals surface area (Å²) in [4.78, 5) is 21.6. The van der Waals surface area contributed by atoms with Crippen LogP contribution in [0.3, 0.4) is 0 Å². The smallest absolute Gasteiger partial charge is 0.262 e. The molecule has 0 aliphatic carbocycles. The Hall–Kier alpha value is -3.22. The maximum atomic E-state index is 13.0. The molecular weight excluding hydrogens is 456 g/mol.